The van der Waals surface area contributed by atoms with Gasteiger partial charge in [0, 0.05) is 18.5 Å². The van der Waals surface area contributed by atoms with Gasteiger partial charge in [-0.1, -0.05) is 19.8 Å². The zero-order chi connectivity index (χ0) is 10.9. The third kappa shape index (κ3) is 5.25. The fourth-order valence-corrected chi connectivity index (χ4v) is 2.07. The Morgan fingerprint density at radius 2 is 2.33 bits per heavy atom. The molecule has 0 aliphatic rings. The number of nitrogens with one attached hydrogen (secondary N) is 1. The lowest BCUT2D eigenvalue weighted by atomic mass is 10.3. The van der Waals surface area contributed by atoms with Crippen LogP contribution in [-0.2, 0) is 17.9 Å². The molecule has 0 atom stereocenters. The Morgan fingerprint density at radius 1 is 1.47 bits per heavy atom. The van der Waals surface area contributed by atoms with Crippen LogP contribution < -0.4 is 5.32 Å². The molecular formula is C11H20N2OS. The second-order valence-electron chi connectivity index (χ2n) is 3.52. The molecule has 0 saturated carbocycles. The minimum absolute atomic E-state index is 0.657. The van der Waals surface area contributed by atoms with E-state index in [4.69, 9.17) is 4.74 Å². The molecule has 0 fully saturated rings. The van der Waals surface area contributed by atoms with Crippen LogP contribution >= 0.6 is 11.3 Å². The molecule has 0 spiro atoms. The largest absolute Gasteiger partial charge is 0.375 e. The van der Waals surface area contributed by atoms with Gasteiger partial charge in [-0.3, -0.25) is 0 Å². The van der Waals surface area contributed by atoms with Crippen LogP contribution in [0.25, 0.3) is 0 Å². The number of hydrogen-bond acceptors (Lipinski definition) is 4. The highest BCUT2D eigenvalue weighted by Gasteiger charge is 2.00. The van der Waals surface area contributed by atoms with Gasteiger partial charge in [0.15, 0.2) is 0 Å². The van der Waals surface area contributed by atoms with Crippen molar-refractivity contribution in [1.29, 1.82) is 0 Å². The summed E-state index contributed by atoms with van der Waals surface area (Å²) in [6.07, 6.45) is 3.65. The van der Waals surface area contributed by atoms with Gasteiger partial charge < -0.3 is 10.1 Å². The molecule has 0 bridgehead atoms. The third-order valence-electron chi connectivity index (χ3n) is 2.07. The van der Waals surface area contributed by atoms with Crippen LogP contribution in [0.1, 0.15) is 36.9 Å². The first-order valence-corrected chi connectivity index (χ1v) is 6.40. The second kappa shape index (κ2) is 7.79. The summed E-state index contributed by atoms with van der Waals surface area (Å²) in [5, 5.41) is 6.29. The van der Waals surface area contributed by atoms with Crippen LogP contribution in [0.15, 0.2) is 5.38 Å². The van der Waals surface area contributed by atoms with Crippen molar-refractivity contribution in [2.45, 2.75) is 39.3 Å². The van der Waals surface area contributed by atoms with Crippen molar-refractivity contribution in [3.8, 4) is 0 Å². The van der Waals surface area contributed by atoms with Crippen LogP contribution in [-0.4, -0.2) is 18.6 Å². The summed E-state index contributed by atoms with van der Waals surface area (Å²) in [5.74, 6) is 0. The van der Waals surface area contributed by atoms with Gasteiger partial charge in [-0.05, 0) is 13.5 Å². The van der Waals surface area contributed by atoms with E-state index in [1.54, 1.807) is 11.3 Å². The summed E-state index contributed by atoms with van der Waals surface area (Å²) < 4.78 is 5.54. The molecule has 0 aliphatic heterocycles. The van der Waals surface area contributed by atoms with E-state index in [1.165, 1.54) is 12.8 Å². The maximum atomic E-state index is 5.54. The number of nitrogens with zero attached hydrogens (tertiary/aromatic N) is 1. The molecule has 1 aromatic heterocycles. The number of aromatic nitrogens is 1. The Bertz CT molecular complexity index is 263. The molecule has 3 nitrogen and oxygen atoms in total. The molecule has 1 N–H and O–H groups in total. The van der Waals surface area contributed by atoms with Crippen LogP contribution in [0.2, 0.25) is 0 Å². The van der Waals surface area contributed by atoms with Gasteiger partial charge in [0.1, 0.15) is 5.01 Å². The van der Waals surface area contributed by atoms with Gasteiger partial charge in [0.25, 0.3) is 0 Å². The summed E-state index contributed by atoms with van der Waals surface area (Å²) in [4.78, 5) is 4.45. The lowest BCUT2D eigenvalue weighted by Crippen LogP contribution is -2.04. The molecule has 0 unspecified atom stereocenters. The van der Waals surface area contributed by atoms with E-state index in [0.29, 0.717) is 6.61 Å². The number of thiazole rings is 1. The van der Waals surface area contributed by atoms with Crippen molar-refractivity contribution in [2.75, 3.05) is 13.7 Å². The summed E-state index contributed by atoms with van der Waals surface area (Å²) in [5.41, 5.74) is 1.06. The Labute approximate surface area is 95.9 Å². The Balaban J connectivity index is 2.14. The van der Waals surface area contributed by atoms with Crippen molar-refractivity contribution in [2.24, 2.45) is 0 Å². The normalized spacial score (nSPS) is 10.8. The Morgan fingerprint density at radius 3 is 3.07 bits per heavy atom. The minimum atomic E-state index is 0.657. The average Bonchev–Trinajstić information content (AvgIpc) is 2.66. The van der Waals surface area contributed by atoms with Gasteiger partial charge in [-0.25, -0.2) is 4.98 Å². The second-order valence-corrected chi connectivity index (χ2v) is 4.47. The van der Waals surface area contributed by atoms with Crippen LogP contribution in [0.5, 0.6) is 0 Å². The van der Waals surface area contributed by atoms with E-state index >= 15 is 0 Å². The van der Waals surface area contributed by atoms with Crippen LogP contribution in [0.4, 0.5) is 0 Å². The maximum absolute atomic E-state index is 5.54. The van der Waals surface area contributed by atoms with Crippen molar-refractivity contribution < 1.29 is 4.74 Å². The molecule has 0 aromatic carbocycles. The van der Waals surface area contributed by atoms with E-state index in [0.717, 1.165) is 30.3 Å². The fraction of sp³-hybridized carbons (Fsp3) is 0.727. The van der Waals surface area contributed by atoms with E-state index in [-0.39, 0.29) is 0 Å². The quantitative estimate of drug-likeness (QED) is 0.694. The van der Waals surface area contributed by atoms with E-state index in [2.05, 4.69) is 22.6 Å². The molecule has 1 rings (SSSR count). The van der Waals surface area contributed by atoms with Crippen molar-refractivity contribution >= 4 is 11.3 Å². The van der Waals surface area contributed by atoms with Gasteiger partial charge in [0.05, 0.1) is 12.3 Å². The molecule has 0 radical (unpaired) electrons. The third-order valence-corrected chi connectivity index (χ3v) is 2.97. The SMILES string of the molecule is CCCCCOCc1csc(CNC)n1. The first-order chi connectivity index (χ1) is 7.36. The zero-order valence-corrected chi connectivity index (χ0v) is 10.4. The molecule has 0 saturated heterocycles. The van der Waals surface area contributed by atoms with Gasteiger partial charge in [-0.15, -0.1) is 11.3 Å². The van der Waals surface area contributed by atoms with Crippen molar-refractivity contribution in [3.63, 3.8) is 0 Å². The van der Waals surface area contributed by atoms with Crippen molar-refractivity contribution in [1.82, 2.24) is 10.3 Å². The lowest BCUT2D eigenvalue weighted by Gasteiger charge is -2.00. The van der Waals surface area contributed by atoms with E-state index in [9.17, 15) is 0 Å². The fourth-order valence-electron chi connectivity index (χ4n) is 1.28. The van der Waals surface area contributed by atoms with E-state index in [1.807, 2.05) is 7.05 Å². The number of hydrogen-bond donors (Lipinski definition) is 1. The molecule has 0 amide bonds. The average molecular weight is 228 g/mol. The number of ether oxygens (including phenoxy) is 1. The maximum Gasteiger partial charge on any atom is 0.107 e. The molecule has 1 heterocycles. The topological polar surface area (TPSA) is 34.1 Å². The number of unbranched alkanes of at least 4 members (excludes halogenated alkanes) is 2. The first-order valence-electron chi connectivity index (χ1n) is 5.52. The standard InChI is InChI=1S/C11H20N2OS/c1-3-4-5-6-14-8-10-9-15-11(13-10)7-12-2/h9,12H,3-8H2,1-2H3. The summed E-state index contributed by atoms with van der Waals surface area (Å²) in [6, 6.07) is 0. The predicted molar refractivity (Wildman–Crippen MR) is 64.1 cm³/mol. The summed E-state index contributed by atoms with van der Waals surface area (Å²) in [7, 11) is 1.93. The zero-order valence-electron chi connectivity index (χ0n) is 9.58. The molecule has 15 heavy (non-hydrogen) atoms. The van der Waals surface area contributed by atoms with E-state index < -0.39 is 0 Å². The Hall–Kier alpha value is -0.450. The molecule has 4 heteroatoms. The van der Waals surface area contributed by atoms with Gasteiger partial charge >= 0.3 is 0 Å². The Kier molecular flexibility index (Phi) is 6.55. The highest BCUT2D eigenvalue weighted by Crippen LogP contribution is 2.10. The predicted octanol–water partition coefficient (Wildman–Crippen LogP) is 2.57. The first kappa shape index (κ1) is 12.6. The lowest BCUT2D eigenvalue weighted by molar-refractivity contribution is 0.115. The van der Waals surface area contributed by atoms with Crippen LogP contribution in [0.3, 0.4) is 0 Å². The highest BCUT2D eigenvalue weighted by atomic mass is 32.1. The monoisotopic (exact) mass is 228 g/mol. The van der Waals surface area contributed by atoms with Crippen molar-refractivity contribution in [3.05, 3.63) is 16.1 Å². The summed E-state index contributed by atoms with van der Waals surface area (Å²) >= 11 is 1.69. The van der Waals surface area contributed by atoms with Crippen LogP contribution in [0, 0.1) is 0 Å². The molecular weight excluding hydrogens is 208 g/mol. The molecule has 1 aromatic rings. The van der Waals surface area contributed by atoms with Gasteiger partial charge in [-0.2, -0.15) is 0 Å². The number of rotatable bonds is 8. The molecule has 86 valence electrons. The summed E-state index contributed by atoms with van der Waals surface area (Å²) in [6.45, 7) is 4.56. The highest BCUT2D eigenvalue weighted by molar-refractivity contribution is 7.09. The smallest absolute Gasteiger partial charge is 0.107 e. The van der Waals surface area contributed by atoms with Gasteiger partial charge in [0.2, 0.25) is 0 Å². The molecule has 0 aliphatic carbocycles. The minimum Gasteiger partial charge on any atom is -0.375 e.